The van der Waals surface area contributed by atoms with E-state index in [1.807, 2.05) is 52.8 Å². The molecule has 7 rings (SSSR count). The summed E-state index contributed by atoms with van der Waals surface area (Å²) in [5.74, 6) is -1.98. The maximum atomic E-state index is 15.1. The van der Waals surface area contributed by atoms with Crippen molar-refractivity contribution in [3.63, 3.8) is 0 Å². The topological polar surface area (TPSA) is 130 Å². The van der Waals surface area contributed by atoms with Gasteiger partial charge in [-0.05, 0) is 111 Å². The van der Waals surface area contributed by atoms with Crippen LogP contribution in [0.2, 0.25) is 0 Å². The van der Waals surface area contributed by atoms with E-state index in [-0.39, 0.29) is 36.4 Å². The van der Waals surface area contributed by atoms with Crippen LogP contribution < -0.4 is 0 Å². The summed E-state index contributed by atoms with van der Waals surface area (Å²) < 4.78 is 94.1. The summed E-state index contributed by atoms with van der Waals surface area (Å²) in [7, 11) is 1.32. The minimum absolute atomic E-state index is 0.0499. The SMILES string of the molecule is CCCCCCCCCCCCN1C(=O)c2c3[nH]c(cc4nc(cc5nc(cc6[nH]c2c(c6C)C1=O)C(CC)=C5C)C(C(C)OCc1cc(C(F)(F)F)cc(C(F)(F)F)c1)=C4C)[C@@H](C)[C@@H]3CCC(=O)OC. The second kappa shape index (κ2) is 21.9. The number of unbranched alkanes of at least 4 members (excludes halogenated alkanes) is 9. The van der Waals surface area contributed by atoms with E-state index in [0.29, 0.717) is 104 Å². The van der Waals surface area contributed by atoms with Gasteiger partial charge in [0.25, 0.3) is 11.8 Å². The number of imide groups is 1. The van der Waals surface area contributed by atoms with Crippen molar-refractivity contribution < 1.29 is 50.2 Å². The highest BCUT2D eigenvalue weighted by Gasteiger charge is 2.41. The van der Waals surface area contributed by atoms with Crippen molar-refractivity contribution >= 4 is 51.1 Å². The zero-order valence-corrected chi connectivity index (χ0v) is 42.0. The molecule has 10 nitrogen and oxygen atoms in total. The van der Waals surface area contributed by atoms with Gasteiger partial charge in [0.1, 0.15) is 0 Å². The highest BCUT2D eigenvalue weighted by molar-refractivity contribution is 6.23. The van der Waals surface area contributed by atoms with Gasteiger partial charge in [0.2, 0.25) is 0 Å². The van der Waals surface area contributed by atoms with E-state index < -0.39 is 54.0 Å². The Balaban J connectivity index is 1.37. The summed E-state index contributed by atoms with van der Waals surface area (Å²) in [4.78, 5) is 61.0. The predicted molar refractivity (Wildman–Crippen MR) is 263 cm³/mol. The van der Waals surface area contributed by atoms with Crippen molar-refractivity contribution in [1.29, 1.82) is 0 Å². The molecule has 8 bridgehead atoms. The fraction of sp³-hybridized carbons (Fsp3) is 0.509. The molecule has 0 aliphatic carbocycles. The molecule has 0 saturated heterocycles. The second-order valence-electron chi connectivity index (χ2n) is 19.3. The zero-order valence-electron chi connectivity index (χ0n) is 42.0. The Morgan fingerprint density at radius 3 is 1.94 bits per heavy atom. The van der Waals surface area contributed by atoms with Crippen LogP contribution in [0.5, 0.6) is 0 Å². The first-order chi connectivity index (χ1) is 33.7. The first kappa shape index (κ1) is 53.0. The van der Waals surface area contributed by atoms with Gasteiger partial charge in [0.05, 0.1) is 70.4 Å². The van der Waals surface area contributed by atoms with Gasteiger partial charge in [0.15, 0.2) is 0 Å². The number of alkyl halides is 6. The van der Waals surface area contributed by atoms with Gasteiger partial charge in [-0.1, -0.05) is 78.6 Å². The third-order valence-corrected chi connectivity index (χ3v) is 14.5. The number of aromatic amines is 2. The van der Waals surface area contributed by atoms with E-state index in [4.69, 9.17) is 19.4 Å². The van der Waals surface area contributed by atoms with Gasteiger partial charge in [0, 0.05) is 47.3 Å². The van der Waals surface area contributed by atoms with E-state index in [1.54, 1.807) is 6.92 Å². The van der Waals surface area contributed by atoms with Crippen LogP contribution in [0.25, 0.3) is 33.3 Å². The average molecular weight is 990 g/mol. The first-order valence-electron chi connectivity index (χ1n) is 25.0. The molecule has 382 valence electrons. The monoisotopic (exact) mass is 989 g/mol. The van der Waals surface area contributed by atoms with Crippen LogP contribution in [-0.2, 0) is 33.2 Å². The number of allylic oxidation sites excluding steroid dienone is 3. The van der Waals surface area contributed by atoms with Crippen molar-refractivity contribution in [2.24, 2.45) is 0 Å². The number of carbonyl (C=O) groups excluding carboxylic acids is 3. The summed E-state index contributed by atoms with van der Waals surface area (Å²) in [5, 5.41) is 0. The fourth-order valence-corrected chi connectivity index (χ4v) is 10.4. The molecule has 71 heavy (non-hydrogen) atoms. The van der Waals surface area contributed by atoms with Gasteiger partial charge >= 0.3 is 18.3 Å². The summed E-state index contributed by atoms with van der Waals surface area (Å²) in [6, 6.07) is 6.95. The largest absolute Gasteiger partial charge is 0.469 e. The molecular formula is C55H65F6N5O5. The van der Waals surface area contributed by atoms with E-state index in [1.165, 1.54) is 44.1 Å². The lowest BCUT2D eigenvalue weighted by molar-refractivity contribution is -0.143. The number of amides is 2. The number of aryl methyl sites for hydroxylation is 1. The number of methoxy groups -OCH3 is 1. The minimum Gasteiger partial charge on any atom is -0.469 e. The third kappa shape index (κ3) is 11.3. The number of hydrogen-bond donors (Lipinski definition) is 2. The van der Waals surface area contributed by atoms with Crippen molar-refractivity contribution in [2.45, 2.75) is 169 Å². The van der Waals surface area contributed by atoms with Crippen LogP contribution in [0, 0.1) is 6.92 Å². The van der Waals surface area contributed by atoms with Gasteiger partial charge in [-0.15, -0.1) is 0 Å². The average Bonchev–Trinajstić information content (AvgIpc) is 4.01. The number of nitrogens with one attached hydrogen (secondary N) is 2. The molecule has 0 spiro atoms. The van der Waals surface area contributed by atoms with E-state index in [2.05, 4.69) is 16.9 Å². The number of halogens is 6. The van der Waals surface area contributed by atoms with Crippen molar-refractivity contribution in [3.05, 3.63) is 104 Å². The van der Waals surface area contributed by atoms with Crippen molar-refractivity contribution in [3.8, 4) is 0 Å². The van der Waals surface area contributed by atoms with E-state index in [0.717, 1.165) is 36.8 Å². The zero-order chi connectivity index (χ0) is 51.5. The molecule has 0 saturated carbocycles. The number of H-pyrrole nitrogens is 2. The van der Waals surface area contributed by atoms with Crippen molar-refractivity contribution in [2.75, 3.05) is 13.7 Å². The highest BCUT2D eigenvalue weighted by atomic mass is 19.4. The molecule has 4 aliphatic rings. The Morgan fingerprint density at radius 2 is 1.34 bits per heavy atom. The number of carbonyl (C=O) groups is 3. The summed E-state index contributed by atoms with van der Waals surface area (Å²) in [5.41, 5.74) is 5.54. The lowest BCUT2D eigenvalue weighted by Crippen LogP contribution is -2.41. The lowest BCUT2D eigenvalue weighted by atomic mass is 9.84. The minimum atomic E-state index is -5.02. The highest BCUT2D eigenvalue weighted by Crippen LogP contribution is 2.46. The number of aromatic nitrogens is 4. The summed E-state index contributed by atoms with van der Waals surface area (Å²) in [6.45, 7) is 13.2. The Bertz CT molecular complexity index is 2780. The summed E-state index contributed by atoms with van der Waals surface area (Å²) >= 11 is 0. The number of rotatable bonds is 19. The van der Waals surface area contributed by atoms with Gasteiger partial charge in [-0.2, -0.15) is 26.3 Å². The van der Waals surface area contributed by atoms with Gasteiger partial charge in [-0.25, -0.2) is 9.97 Å². The van der Waals surface area contributed by atoms with Gasteiger partial charge in [-0.3, -0.25) is 19.3 Å². The third-order valence-electron chi connectivity index (χ3n) is 14.5. The molecule has 1 aromatic carbocycles. The van der Waals surface area contributed by atoms with Crippen LogP contribution >= 0.6 is 0 Å². The molecule has 1 unspecified atom stereocenters. The quantitative estimate of drug-likeness (QED) is 0.0529. The molecule has 16 heteroatoms. The molecule has 6 heterocycles. The van der Waals surface area contributed by atoms with Crippen LogP contribution in [-0.4, -0.2) is 62.4 Å². The Morgan fingerprint density at radius 1 is 0.746 bits per heavy atom. The maximum absolute atomic E-state index is 15.1. The number of hydrogen-bond acceptors (Lipinski definition) is 7. The van der Waals surface area contributed by atoms with Crippen LogP contribution in [0.3, 0.4) is 0 Å². The number of nitrogens with zero attached hydrogens (tertiary/aromatic N) is 3. The molecule has 3 atom stereocenters. The van der Waals surface area contributed by atoms with Gasteiger partial charge < -0.3 is 19.4 Å². The standard InChI is InChI=1S/C55H65F6N5O5/c1-9-11-12-13-14-15-16-17-18-19-22-66-52(68)48-33(6)43-27-44-38(10-2)30(3)40(62-44)28-45-47(34(7)71-29-35-23-36(54(56,57)58)25-37(24-35)55(59,60)61)32(5)42(63-45)26-41-31(4)39(20-21-46(67)70-8)50(64-41)49(53(66)69)51(48)65-43/h23-28,31,34,39,64-65H,9-22,29H2,1-8H3/t31-,34?,39-/m0/s1. The number of ether oxygens (including phenoxy) is 2. The Kier molecular flexibility index (Phi) is 16.4. The molecular weight excluding hydrogens is 925 g/mol. The fourth-order valence-electron chi connectivity index (χ4n) is 10.4. The Labute approximate surface area is 411 Å². The molecule has 2 amide bonds. The Hall–Kier alpha value is -5.77. The molecule has 2 aromatic heterocycles. The number of benzene rings is 1. The number of fused-ring (bicyclic) bond motifs is 8. The summed E-state index contributed by atoms with van der Waals surface area (Å²) in [6.07, 6.45) is 0.941. The molecule has 0 fully saturated rings. The molecule has 2 N–H and O–H groups in total. The van der Waals surface area contributed by atoms with Crippen LogP contribution in [0.1, 0.15) is 214 Å². The van der Waals surface area contributed by atoms with Crippen molar-refractivity contribution in [1.82, 2.24) is 24.8 Å². The molecule has 4 aliphatic heterocycles. The normalized spacial score (nSPS) is 17.1. The van der Waals surface area contributed by atoms with Crippen LogP contribution in [0.15, 0.2) is 36.4 Å². The second-order valence-corrected chi connectivity index (χ2v) is 19.3. The number of esters is 1. The molecule has 3 aromatic rings. The smallest absolute Gasteiger partial charge is 0.416 e. The molecule has 0 radical (unpaired) electrons. The van der Waals surface area contributed by atoms with E-state index in [9.17, 15) is 35.9 Å². The van der Waals surface area contributed by atoms with Crippen LogP contribution in [0.4, 0.5) is 26.3 Å². The first-order valence-corrected chi connectivity index (χ1v) is 25.0. The maximum Gasteiger partial charge on any atom is 0.416 e. The van der Waals surface area contributed by atoms with E-state index >= 15 is 4.79 Å². The lowest BCUT2D eigenvalue weighted by Gasteiger charge is -2.27. The predicted octanol–water partition coefficient (Wildman–Crippen LogP) is 14.6.